The lowest BCUT2D eigenvalue weighted by Gasteiger charge is -2.11. The quantitative estimate of drug-likeness (QED) is 0.908. The van der Waals surface area contributed by atoms with Crippen LogP contribution in [0.4, 0.5) is 0 Å². The Morgan fingerprint density at radius 1 is 1.05 bits per heavy atom. The zero-order valence-electron chi connectivity index (χ0n) is 11.9. The van der Waals surface area contributed by atoms with Crippen LogP contribution in [0.25, 0.3) is 0 Å². The predicted octanol–water partition coefficient (Wildman–Crippen LogP) is 2.10. The third-order valence-electron chi connectivity index (χ3n) is 3.41. The van der Waals surface area contributed by atoms with Crippen LogP contribution in [-0.4, -0.2) is 24.4 Å². The van der Waals surface area contributed by atoms with Crippen LogP contribution in [0, 0.1) is 0 Å². The zero-order chi connectivity index (χ0) is 15.4. The molecule has 112 valence electrons. The smallest absolute Gasteiger partial charge is 0.251 e. The number of hydrogen-bond acceptors (Lipinski definition) is 3. The highest BCUT2D eigenvalue weighted by molar-refractivity contribution is 5.95. The summed E-state index contributed by atoms with van der Waals surface area (Å²) < 4.78 is 5.67. The van der Waals surface area contributed by atoms with Crippen molar-refractivity contribution in [2.45, 2.75) is 12.5 Å². The van der Waals surface area contributed by atoms with E-state index in [1.54, 1.807) is 24.3 Å². The van der Waals surface area contributed by atoms with Gasteiger partial charge in [-0.3, -0.25) is 9.59 Å². The van der Waals surface area contributed by atoms with Gasteiger partial charge >= 0.3 is 0 Å². The van der Waals surface area contributed by atoms with Crippen molar-refractivity contribution in [2.75, 3.05) is 6.54 Å². The molecule has 0 spiro atoms. The zero-order valence-corrected chi connectivity index (χ0v) is 11.9. The summed E-state index contributed by atoms with van der Waals surface area (Å²) in [6.45, 7) is 0.486. The van der Waals surface area contributed by atoms with Crippen LogP contribution >= 0.6 is 0 Å². The summed E-state index contributed by atoms with van der Waals surface area (Å²) in [5, 5.41) is 5.52. The van der Waals surface area contributed by atoms with Gasteiger partial charge in [0, 0.05) is 18.5 Å². The minimum Gasteiger partial charge on any atom is -0.457 e. The molecular weight excluding hydrogens is 280 g/mol. The predicted molar refractivity (Wildman–Crippen MR) is 81.8 cm³/mol. The second-order valence-corrected chi connectivity index (χ2v) is 5.12. The van der Waals surface area contributed by atoms with Crippen LogP contribution in [0.15, 0.2) is 54.6 Å². The summed E-state index contributed by atoms with van der Waals surface area (Å²) in [6.07, 6.45) is 0.334. The van der Waals surface area contributed by atoms with Gasteiger partial charge in [0.05, 0.1) is 6.04 Å². The standard InChI is InChI=1S/C17H16N2O3/c20-16-10-13(11-18-16)19-17(21)12-6-8-15(9-7-12)22-14-4-2-1-3-5-14/h1-9,13H,10-11H2,(H,18,20)(H,19,21). The van der Waals surface area contributed by atoms with E-state index in [2.05, 4.69) is 10.6 Å². The number of benzene rings is 2. The van der Waals surface area contributed by atoms with Crippen molar-refractivity contribution in [3.05, 3.63) is 60.2 Å². The third kappa shape index (κ3) is 3.44. The van der Waals surface area contributed by atoms with Crippen LogP contribution < -0.4 is 15.4 Å². The number of amides is 2. The first kappa shape index (κ1) is 14.1. The molecule has 1 saturated heterocycles. The van der Waals surface area contributed by atoms with Crippen LogP contribution in [0.3, 0.4) is 0 Å². The number of hydrogen-bond donors (Lipinski definition) is 2. The van der Waals surface area contributed by atoms with Gasteiger partial charge < -0.3 is 15.4 Å². The summed E-state index contributed by atoms with van der Waals surface area (Å²) in [5.41, 5.74) is 0.541. The molecule has 1 fully saturated rings. The third-order valence-corrected chi connectivity index (χ3v) is 3.41. The number of para-hydroxylation sites is 1. The normalized spacial score (nSPS) is 16.9. The van der Waals surface area contributed by atoms with Gasteiger partial charge in [-0.25, -0.2) is 0 Å². The van der Waals surface area contributed by atoms with Crippen molar-refractivity contribution in [3.63, 3.8) is 0 Å². The number of nitrogens with one attached hydrogen (secondary N) is 2. The summed E-state index contributed by atoms with van der Waals surface area (Å²) in [7, 11) is 0. The molecule has 1 heterocycles. The maximum atomic E-state index is 12.1. The maximum Gasteiger partial charge on any atom is 0.251 e. The topological polar surface area (TPSA) is 67.4 Å². The van der Waals surface area contributed by atoms with Gasteiger partial charge in [-0.15, -0.1) is 0 Å². The van der Waals surface area contributed by atoms with Gasteiger partial charge in [-0.05, 0) is 36.4 Å². The Labute approximate surface area is 128 Å². The average molecular weight is 296 g/mol. The average Bonchev–Trinajstić information content (AvgIpc) is 2.94. The highest BCUT2D eigenvalue weighted by atomic mass is 16.5. The van der Waals surface area contributed by atoms with Gasteiger partial charge in [0.25, 0.3) is 5.91 Å². The Bertz CT molecular complexity index is 668. The highest BCUT2D eigenvalue weighted by Gasteiger charge is 2.23. The fourth-order valence-electron chi connectivity index (χ4n) is 2.27. The molecule has 5 heteroatoms. The summed E-state index contributed by atoms with van der Waals surface area (Å²) in [6, 6.07) is 16.2. The van der Waals surface area contributed by atoms with Gasteiger partial charge in [0.2, 0.25) is 5.91 Å². The first-order chi connectivity index (χ1) is 10.7. The second-order valence-electron chi connectivity index (χ2n) is 5.12. The molecule has 1 atom stereocenters. The molecule has 1 aliphatic rings. The van der Waals surface area contributed by atoms with Crippen molar-refractivity contribution >= 4 is 11.8 Å². The Morgan fingerprint density at radius 3 is 2.36 bits per heavy atom. The SMILES string of the molecule is O=C1CC(NC(=O)c2ccc(Oc3ccccc3)cc2)CN1. The molecule has 0 saturated carbocycles. The summed E-state index contributed by atoms with van der Waals surface area (Å²) in [4.78, 5) is 23.2. The number of carbonyl (C=O) groups excluding carboxylic acids is 2. The van der Waals surface area contributed by atoms with Crippen LogP contribution in [0.5, 0.6) is 11.5 Å². The monoisotopic (exact) mass is 296 g/mol. The van der Waals surface area contributed by atoms with Crippen molar-refractivity contribution in [3.8, 4) is 11.5 Å². The lowest BCUT2D eigenvalue weighted by atomic mass is 10.2. The number of ether oxygens (including phenoxy) is 1. The molecule has 22 heavy (non-hydrogen) atoms. The highest BCUT2D eigenvalue weighted by Crippen LogP contribution is 2.21. The van der Waals surface area contributed by atoms with Crippen molar-refractivity contribution < 1.29 is 14.3 Å². The van der Waals surface area contributed by atoms with E-state index in [0.29, 0.717) is 24.3 Å². The van der Waals surface area contributed by atoms with Crippen LogP contribution in [0.1, 0.15) is 16.8 Å². The van der Waals surface area contributed by atoms with Crippen LogP contribution in [-0.2, 0) is 4.79 Å². The van der Waals surface area contributed by atoms with E-state index in [4.69, 9.17) is 4.74 Å². The van der Waals surface area contributed by atoms with Crippen molar-refractivity contribution in [1.82, 2.24) is 10.6 Å². The van der Waals surface area contributed by atoms with E-state index in [-0.39, 0.29) is 17.9 Å². The van der Waals surface area contributed by atoms with Gasteiger partial charge in [-0.1, -0.05) is 18.2 Å². The van der Waals surface area contributed by atoms with Gasteiger partial charge in [-0.2, -0.15) is 0 Å². The molecule has 0 radical (unpaired) electrons. The van der Waals surface area contributed by atoms with E-state index in [1.165, 1.54) is 0 Å². The van der Waals surface area contributed by atoms with E-state index in [0.717, 1.165) is 5.75 Å². The molecule has 2 aromatic rings. The van der Waals surface area contributed by atoms with E-state index >= 15 is 0 Å². The van der Waals surface area contributed by atoms with Crippen LogP contribution in [0.2, 0.25) is 0 Å². The number of carbonyl (C=O) groups is 2. The molecule has 3 rings (SSSR count). The molecular formula is C17H16N2O3. The van der Waals surface area contributed by atoms with E-state index < -0.39 is 0 Å². The van der Waals surface area contributed by atoms with Crippen molar-refractivity contribution in [1.29, 1.82) is 0 Å². The summed E-state index contributed by atoms with van der Waals surface area (Å²) >= 11 is 0. The maximum absolute atomic E-state index is 12.1. The largest absolute Gasteiger partial charge is 0.457 e. The fourth-order valence-corrected chi connectivity index (χ4v) is 2.27. The molecule has 1 aliphatic heterocycles. The molecule has 1 unspecified atom stereocenters. The Balaban J connectivity index is 1.61. The number of rotatable bonds is 4. The Hall–Kier alpha value is -2.82. The summed E-state index contributed by atoms with van der Waals surface area (Å²) in [5.74, 6) is 1.19. The fraction of sp³-hybridized carbons (Fsp3) is 0.176. The lowest BCUT2D eigenvalue weighted by molar-refractivity contribution is -0.119. The van der Waals surface area contributed by atoms with Gasteiger partial charge in [0.15, 0.2) is 0 Å². The van der Waals surface area contributed by atoms with Crippen molar-refractivity contribution in [2.24, 2.45) is 0 Å². The minimum atomic E-state index is -0.187. The van der Waals surface area contributed by atoms with E-state index in [9.17, 15) is 9.59 Å². The minimum absolute atomic E-state index is 0.0306. The second kappa shape index (κ2) is 6.30. The first-order valence-electron chi connectivity index (χ1n) is 7.11. The Morgan fingerprint density at radius 2 is 1.73 bits per heavy atom. The molecule has 0 aromatic heterocycles. The van der Waals surface area contributed by atoms with E-state index in [1.807, 2.05) is 30.3 Å². The molecule has 2 N–H and O–H groups in total. The molecule has 2 amide bonds. The van der Waals surface area contributed by atoms with Gasteiger partial charge in [0.1, 0.15) is 11.5 Å². The molecule has 0 bridgehead atoms. The first-order valence-corrected chi connectivity index (χ1v) is 7.11. The molecule has 5 nitrogen and oxygen atoms in total. The lowest BCUT2D eigenvalue weighted by Crippen LogP contribution is -2.36. The molecule has 0 aliphatic carbocycles. The Kier molecular flexibility index (Phi) is 4.05. The molecule has 2 aromatic carbocycles.